The number of benzene rings is 3. The van der Waals surface area contributed by atoms with Crippen LogP contribution < -0.4 is 14.9 Å². The van der Waals surface area contributed by atoms with Crippen LogP contribution in [0.25, 0.3) is 0 Å². The lowest BCUT2D eigenvalue weighted by Crippen LogP contribution is -2.17. The van der Waals surface area contributed by atoms with Crippen LogP contribution in [-0.2, 0) is 0 Å². The smallest absolute Gasteiger partial charge is 0.343 e. The van der Waals surface area contributed by atoms with Gasteiger partial charge in [0, 0.05) is 6.07 Å². The van der Waals surface area contributed by atoms with Crippen LogP contribution in [0.3, 0.4) is 0 Å². The molecule has 0 heterocycles. The number of hydrogen-bond donors (Lipinski definition) is 3. The van der Waals surface area contributed by atoms with Gasteiger partial charge in [0.05, 0.1) is 24.5 Å². The third-order valence-corrected chi connectivity index (χ3v) is 4.02. The maximum atomic E-state index is 12.2. The second kappa shape index (κ2) is 9.24. The highest BCUT2D eigenvalue weighted by Crippen LogP contribution is 2.22. The van der Waals surface area contributed by atoms with Gasteiger partial charge in [-0.1, -0.05) is 0 Å². The Hall–Kier alpha value is -4.33. The first kappa shape index (κ1) is 20.4. The summed E-state index contributed by atoms with van der Waals surface area (Å²) in [6, 6.07) is 16.7. The van der Waals surface area contributed by atoms with Crippen molar-refractivity contribution in [2.45, 2.75) is 0 Å². The quantitative estimate of drug-likeness (QED) is 0.251. The van der Waals surface area contributed by atoms with Crippen molar-refractivity contribution >= 4 is 18.1 Å². The fourth-order valence-corrected chi connectivity index (χ4v) is 2.45. The van der Waals surface area contributed by atoms with Crippen LogP contribution in [0.5, 0.6) is 23.0 Å². The summed E-state index contributed by atoms with van der Waals surface area (Å²) in [5.74, 6) is -0.645. The van der Waals surface area contributed by atoms with E-state index in [-0.39, 0.29) is 17.1 Å². The molecule has 0 unspecified atom stereocenters. The lowest BCUT2D eigenvalue weighted by molar-refractivity contribution is 0.0734. The number of phenolic OH excluding ortho intramolecular Hbond substituents is 2. The number of nitrogens with one attached hydrogen (secondary N) is 1. The summed E-state index contributed by atoms with van der Waals surface area (Å²) in [4.78, 5) is 24.1. The molecule has 0 aliphatic carbocycles. The topological polar surface area (TPSA) is 117 Å². The van der Waals surface area contributed by atoms with E-state index in [1.807, 2.05) is 0 Å². The number of nitrogens with zero attached hydrogens (tertiary/aromatic N) is 1. The zero-order chi connectivity index (χ0) is 21.5. The Morgan fingerprint density at radius 1 is 0.933 bits per heavy atom. The van der Waals surface area contributed by atoms with E-state index in [2.05, 4.69) is 10.5 Å². The highest BCUT2D eigenvalue weighted by atomic mass is 16.5. The number of methoxy groups -OCH3 is 1. The molecule has 0 atom stereocenters. The van der Waals surface area contributed by atoms with Crippen LogP contribution >= 0.6 is 0 Å². The molecule has 1 amide bonds. The van der Waals surface area contributed by atoms with E-state index < -0.39 is 11.9 Å². The Kier molecular flexibility index (Phi) is 6.29. The largest absolute Gasteiger partial charge is 0.508 e. The molecule has 30 heavy (non-hydrogen) atoms. The minimum Gasteiger partial charge on any atom is -0.508 e. The Bertz CT molecular complexity index is 1080. The first-order chi connectivity index (χ1) is 14.5. The summed E-state index contributed by atoms with van der Waals surface area (Å²) in [6.45, 7) is 0. The summed E-state index contributed by atoms with van der Waals surface area (Å²) in [5.41, 5.74) is 3.29. The molecular weight excluding hydrogens is 388 g/mol. The van der Waals surface area contributed by atoms with Crippen molar-refractivity contribution in [3.05, 3.63) is 83.4 Å². The molecule has 0 spiro atoms. The van der Waals surface area contributed by atoms with Gasteiger partial charge >= 0.3 is 5.97 Å². The molecule has 0 fully saturated rings. The zero-order valence-electron chi connectivity index (χ0n) is 15.9. The van der Waals surface area contributed by atoms with Crippen LogP contribution in [0.15, 0.2) is 71.8 Å². The SMILES string of the molecule is COc1ccc(C(=O)Oc2ccc(/C=N\NC(=O)c3ccc(O)cc3O)cc2)cc1. The molecule has 0 bridgehead atoms. The maximum absolute atomic E-state index is 12.2. The molecular formula is C22H18N2O6. The fraction of sp³-hybridized carbons (Fsp3) is 0.0455. The van der Waals surface area contributed by atoms with Crippen molar-refractivity contribution in [3.63, 3.8) is 0 Å². The average Bonchev–Trinajstić information content (AvgIpc) is 2.75. The molecule has 0 saturated heterocycles. The van der Waals surface area contributed by atoms with E-state index in [0.717, 1.165) is 6.07 Å². The summed E-state index contributed by atoms with van der Waals surface area (Å²) < 4.78 is 10.4. The van der Waals surface area contributed by atoms with Crippen molar-refractivity contribution in [1.82, 2.24) is 5.43 Å². The molecule has 8 nitrogen and oxygen atoms in total. The van der Waals surface area contributed by atoms with Crippen molar-refractivity contribution < 1.29 is 29.3 Å². The molecule has 3 N–H and O–H groups in total. The van der Waals surface area contributed by atoms with E-state index in [0.29, 0.717) is 22.6 Å². The number of hydrazone groups is 1. The fourth-order valence-electron chi connectivity index (χ4n) is 2.45. The Morgan fingerprint density at radius 2 is 1.60 bits per heavy atom. The molecule has 0 radical (unpaired) electrons. The number of phenols is 2. The Balaban J connectivity index is 1.57. The number of amides is 1. The van der Waals surface area contributed by atoms with Crippen molar-refractivity contribution in [1.29, 1.82) is 0 Å². The van der Waals surface area contributed by atoms with E-state index >= 15 is 0 Å². The summed E-state index contributed by atoms with van der Waals surface area (Å²) in [7, 11) is 1.54. The van der Waals surface area contributed by atoms with E-state index in [1.54, 1.807) is 55.6 Å². The number of carbonyl (C=O) groups excluding carboxylic acids is 2. The van der Waals surface area contributed by atoms with Gasteiger partial charge in [-0.3, -0.25) is 4.79 Å². The molecule has 3 rings (SSSR count). The average molecular weight is 406 g/mol. The molecule has 0 aliphatic heterocycles. The molecule has 3 aromatic carbocycles. The first-order valence-corrected chi connectivity index (χ1v) is 8.78. The maximum Gasteiger partial charge on any atom is 0.343 e. The normalized spacial score (nSPS) is 10.6. The zero-order valence-corrected chi connectivity index (χ0v) is 15.9. The van der Waals surface area contributed by atoms with E-state index in [1.165, 1.54) is 18.3 Å². The summed E-state index contributed by atoms with van der Waals surface area (Å²) in [6.07, 6.45) is 1.39. The van der Waals surface area contributed by atoms with Crippen LogP contribution in [0.2, 0.25) is 0 Å². The number of hydrogen-bond acceptors (Lipinski definition) is 7. The van der Waals surface area contributed by atoms with Crippen molar-refractivity contribution in [2.24, 2.45) is 5.10 Å². The van der Waals surface area contributed by atoms with Gasteiger partial charge in [0.15, 0.2) is 0 Å². The van der Waals surface area contributed by atoms with Crippen LogP contribution in [0.1, 0.15) is 26.3 Å². The van der Waals surface area contributed by atoms with Crippen molar-refractivity contribution in [3.8, 4) is 23.0 Å². The molecule has 152 valence electrons. The Morgan fingerprint density at radius 3 is 2.23 bits per heavy atom. The lowest BCUT2D eigenvalue weighted by Gasteiger charge is -2.06. The number of ether oxygens (including phenoxy) is 2. The summed E-state index contributed by atoms with van der Waals surface area (Å²) in [5, 5.41) is 22.7. The molecule has 3 aromatic rings. The first-order valence-electron chi connectivity index (χ1n) is 8.78. The monoisotopic (exact) mass is 406 g/mol. The van der Waals surface area contributed by atoms with Gasteiger partial charge in [0.2, 0.25) is 0 Å². The highest BCUT2D eigenvalue weighted by molar-refractivity contribution is 5.97. The van der Waals surface area contributed by atoms with Gasteiger partial charge in [-0.2, -0.15) is 5.10 Å². The molecule has 0 saturated carbocycles. The second-order valence-electron chi connectivity index (χ2n) is 6.09. The second-order valence-corrected chi connectivity index (χ2v) is 6.09. The number of rotatable bonds is 6. The van der Waals surface area contributed by atoms with Gasteiger partial charge in [-0.05, 0) is 66.2 Å². The third-order valence-electron chi connectivity index (χ3n) is 4.02. The van der Waals surface area contributed by atoms with Gasteiger partial charge in [0.1, 0.15) is 23.0 Å². The van der Waals surface area contributed by atoms with Gasteiger partial charge in [0.25, 0.3) is 5.91 Å². The highest BCUT2D eigenvalue weighted by Gasteiger charge is 2.11. The molecule has 8 heteroatoms. The lowest BCUT2D eigenvalue weighted by atomic mass is 10.2. The van der Waals surface area contributed by atoms with Gasteiger partial charge < -0.3 is 19.7 Å². The third kappa shape index (κ3) is 5.14. The molecule has 0 aliphatic rings. The van der Waals surface area contributed by atoms with Crippen LogP contribution in [0.4, 0.5) is 0 Å². The number of carbonyl (C=O) groups is 2. The van der Waals surface area contributed by atoms with Crippen LogP contribution in [-0.4, -0.2) is 35.4 Å². The predicted octanol–water partition coefficient (Wildman–Crippen LogP) is 3.09. The van der Waals surface area contributed by atoms with E-state index in [4.69, 9.17) is 9.47 Å². The van der Waals surface area contributed by atoms with Crippen molar-refractivity contribution in [2.75, 3.05) is 7.11 Å². The minimum absolute atomic E-state index is 0.0225. The summed E-state index contributed by atoms with van der Waals surface area (Å²) >= 11 is 0. The number of esters is 1. The van der Waals surface area contributed by atoms with Gasteiger partial charge in [-0.25, -0.2) is 10.2 Å². The standard InChI is InChI=1S/C22H18N2O6/c1-29-17-9-4-15(5-10-17)22(28)30-18-7-2-14(3-8-18)13-23-24-21(27)19-11-6-16(25)12-20(19)26/h2-13,25-26H,1H3,(H,24,27)/b23-13-. The van der Waals surface area contributed by atoms with E-state index in [9.17, 15) is 19.8 Å². The van der Waals surface area contributed by atoms with Crippen LogP contribution in [0, 0.1) is 0 Å². The van der Waals surface area contributed by atoms with Gasteiger partial charge in [-0.15, -0.1) is 0 Å². The minimum atomic E-state index is -0.631. The Labute approximate surface area is 172 Å². The predicted molar refractivity (Wildman–Crippen MR) is 109 cm³/mol. The number of aromatic hydroxyl groups is 2. The molecule has 0 aromatic heterocycles.